The lowest BCUT2D eigenvalue weighted by Crippen LogP contribution is -2.30. The molecule has 2 aromatic rings. The van der Waals surface area contributed by atoms with Crippen LogP contribution in [0.15, 0.2) is 47.4 Å². The zero-order chi connectivity index (χ0) is 20.7. The van der Waals surface area contributed by atoms with E-state index in [-0.39, 0.29) is 12.2 Å². The number of amides is 1. The summed E-state index contributed by atoms with van der Waals surface area (Å²) in [6, 6.07) is 12.7. The summed E-state index contributed by atoms with van der Waals surface area (Å²) in [6.45, 7) is 7.13. The first-order valence-electron chi connectivity index (χ1n) is 9.07. The first-order valence-corrected chi connectivity index (χ1v) is 10.1. The highest BCUT2D eigenvalue weighted by molar-refractivity contribution is 7.99. The number of Topliss-reactive ketones (excluding diaryl/α,β-unsaturated/α-hetero) is 1. The molecule has 0 aliphatic heterocycles. The average molecular weight is 400 g/mol. The molecule has 5 nitrogen and oxygen atoms in total. The van der Waals surface area contributed by atoms with Crippen LogP contribution in [-0.2, 0) is 14.3 Å². The number of carbonyl (C=O) groups is 3. The maximum absolute atomic E-state index is 12.2. The number of rotatable bonds is 8. The van der Waals surface area contributed by atoms with Crippen LogP contribution in [0.1, 0.15) is 41.8 Å². The van der Waals surface area contributed by atoms with Gasteiger partial charge in [0.05, 0.1) is 6.42 Å². The third-order valence-electron chi connectivity index (χ3n) is 4.29. The standard InChI is InChI=1S/C22H25NO4S/c1-14-5-10-20(13-15(14)2)28-12-11-21(25)27-17(4)22(26)23-19-8-6-18(7-9-19)16(3)24/h5-10,13,17H,11-12H2,1-4H3,(H,23,26)/t17-/m0/s1. The number of ketones is 1. The lowest BCUT2D eigenvalue weighted by Gasteiger charge is -2.13. The van der Waals surface area contributed by atoms with E-state index in [1.54, 1.807) is 36.0 Å². The van der Waals surface area contributed by atoms with Crippen LogP contribution >= 0.6 is 11.8 Å². The van der Waals surface area contributed by atoms with Gasteiger partial charge in [-0.25, -0.2) is 0 Å². The summed E-state index contributed by atoms with van der Waals surface area (Å²) in [5.41, 5.74) is 3.57. The van der Waals surface area contributed by atoms with Crippen molar-refractivity contribution in [3.05, 3.63) is 59.2 Å². The van der Waals surface area contributed by atoms with Crippen LogP contribution in [0.3, 0.4) is 0 Å². The number of esters is 1. The fourth-order valence-electron chi connectivity index (χ4n) is 2.40. The number of ether oxygens (including phenoxy) is 1. The summed E-state index contributed by atoms with van der Waals surface area (Å²) < 4.78 is 5.21. The summed E-state index contributed by atoms with van der Waals surface area (Å²) in [4.78, 5) is 36.5. The molecule has 0 aliphatic carbocycles. The summed E-state index contributed by atoms with van der Waals surface area (Å²) in [5, 5.41) is 2.67. The number of nitrogens with one attached hydrogen (secondary N) is 1. The Morgan fingerprint density at radius 1 is 1.04 bits per heavy atom. The molecule has 0 radical (unpaired) electrons. The second-order valence-corrected chi connectivity index (χ2v) is 7.77. The van der Waals surface area contributed by atoms with Crippen molar-refractivity contribution in [1.29, 1.82) is 0 Å². The zero-order valence-electron chi connectivity index (χ0n) is 16.6. The van der Waals surface area contributed by atoms with Gasteiger partial charge in [-0.05, 0) is 75.2 Å². The van der Waals surface area contributed by atoms with E-state index in [4.69, 9.17) is 4.74 Å². The van der Waals surface area contributed by atoms with Gasteiger partial charge in [0, 0.05) is 21.9 Å². The fraction of sp³-hybridized carbons (Fsp3) is 0.318. The molecule has 0 spiro atoms. The van der Waals surface area contributed by atoms with Crippen molar-refractivity contribution < 1.29 is 19.1 Å². The Labute approximate surface area is 169 Å². The number of thioether (sulfide) groups is 1. The molecule has 0 unspecified atom stereocenters. The van der Waals surface area contributed by atoms with Crippen molar-refractivity contribution in [1.82, 2.24) is 0 Å². The fourth-order valence-corrected chi connectivity index (χ4v) is 3.33. The van der Waals surface area contributed by atoms with Gasteiger partial charge in [0.15, 0.2) is 11.9 Å². The molecule has 28 heavy (non-hydrogen) atoms. The Morgan fingerprint density at radius 3 is 2.32 bits per heavy atom. The number of carbonyl (C=O) groups excluding carboxylic acids is 3. The van der Waals surface area contributed by atoms with Gasteiger partial charge in [-0.15, -0.1) is 11.8 Å². The molecular weight excluding hydrogens is 374 g/mol. The molecule has 1 atom stereocenters. The Balaban J connectivity index is 1.76. The summed E-state index contributed by atoms with van der Waals surface area (Å²) in [6.07, 6.45) is -0.672. The van der Waals surface area contributed by atoms with E-state index in [0.29, 0.717) is 17.0 Å². The van der Waals surface area contributed by atoms with Gasteiger partial charge in [0.25, 0.3) is 5.91 Å². The molecule has 0 aromatic heterocycles. The Morgan fingerprint density at radius 2 is 1.71 bits per heavy atom. The van der Waals surface area contributed by atoms with Crippen LogP contribution in [0.2, 0.25) is 0 Å². The lowest BCUT2D eigenvalue weighted by atomic mass is 10.1. The monoisotopic (exact) mass is 399 g/mol. The van der Waals surface area contributed by atoms with Crippen LogP contribution in [0, 0.1) is 13.8 Å². The van der Waals surface area contributed by atoms with Crippen molar-refractivity contribution in [2.45, 2.75) is 45.1 Å². The van der Waals surface area contributed by atoms with E-state index >= 15 is 0 Å². The smallest absolute Gasteiger partial charge is 0.307 e. The molecular formula is C22H25NO4S. The van der Waals surface area contributed by atoms with Crippen molar-refractivity contribution in [2.24, 2.45) is 0 Å². The van der Waals surface area contributed by atoms with Crippen molar-refractivity contribution in [2.75, 3.05) is 11.1 Å². The number of aryl methyl sites for hydroxylation is 2. The molecule has 2 aromatic carbocycles. The quantitative estimate of drug-likeness (QED) is 0.400. The second-order valence-electron chi connectivity index (χ2n) is 6.60. The maximum Gasteiger partial charge on any atom is 0.307 e. The van der Waals surface area contributed by atoms with Gasteiger partial charge < -0.3 is 10.1 Å². The predicted octanol–water partition coefficient (Wildman–Crippen LogP) is 4.56. The Kier molecular flexibility index (Phi) is 7.81. The first-order chi connectivity index (χ1) is 13.3. The molecule has 0 fully saturated rings. The van der Waals surface area contributed by atoms with Crippen LogP contribution in [0.5, 0.6) is 0 Å². The van der Waals surface area contributed by atoms with Crippen LogP contribution in [0.4, 0.5) is 5.69 Å². The van der Waals surface area contributed by atoms with Gasteiger partial charge in [-0.2, -0.15) is 0 Å². The topological polar surface area (TPSA) is 72.5 Å². The van der Waals surface area contributed by atoms with Crippen molar-refractivity contribution in [3.63, 3.8) is 0 Å². The van der Waals surface area contributed by atoms with E-state index in [1.165, 1.54) is 25.0 Å². The third kappa shape index (κ3) is 6.53. The largest absolute Gasteiger partial charge is 0.453 e. The summed E-state index contributed by atoms with van der Waals surface area (Å²) in [5.74, 6) is -0.280. The SMILES string of the molecule is CC(=O)c1ccc(NC(=O)[C@H](C)OC(=O)CCSc2ccc(C)c(C)c2)cc1. The van der Waals surface area contributed by atoms with Crippen molar-refractivity contribution in [3.8, 4) is 0 Å². The molecule has 0 aliphatic rings. The van der Waals surface area contributed by atoms with E-state index < -0.39 is 18.0 Å². The molecule has 0 saturated heterocycles. The van der Waals surface area contributed by atoms with Crippen LogP contribution in [-0.4, -0.2) is 29.5 Å². The summed E-state index contributed by atoms with van der Waals surface area (Å²) >= 11 is 1.58. The molecule has 0 bridgehead atoms. The third-order valence-corrected chi connectivity index (χ3v) is 5.29. The molecule has 6 heteroatoms. The zero-order valence-corrected chi connectivity index (χ0v) is 17.4. The number of anilines is 1. The van der Waals surface area contributed by atoms with Gasteiger partial charge >= 0.3 is 5.97 Å². The molecule has 1 amide bonds. The highest BCUT2D eigenvalue weighted by Crippen LogP contribution is 2.22. The molecule has 0 saturated carbocycles. The summed E-state index contributed by atoms with van der Waals surface area (Å²) in [7, 11) is 0. The highest BCUT2D eigenvalue weighted by Gasteiger charge is 2.18. The first kappa shape index (κ1) is 21.7. The number of hydrogen-bond donors (Lipinski definition) is 1. The molecule has 1 N–H and O–H groups in total. The Hall–Kier alpha value is -2.60. The van der Waals surface area contributed by atoms with Crippen LogP contribution in [0.25, 0.3) is 0 Å². The van der Waals surface area contributed by atoms with E-state index in [0.717, 1.165) is 4.90 Å². The van der Waals surface area contributed by atoms with Crippen LogP contribution < -0.4 is 5.32 Å². The van der Waals surface area contributed by atoms with Gasteiger partial charge in [-0.1, -0.05) is 6.07 Å². The van der Waals surface area contributed by atoms with E-state index in [2.05, 4.69) is 31.3 Å². The Bertz CT molecular complexity index is 861. The molecule has 0 heterocycles. The molecule has 148 valence electrons. The predicted molar refractivity (Wildman–Crippen MR) is 112 cm³/mol. The van der Waals surface area contributed by atoms with Gasteiger partial charge in [-0.3, -0.25) is 14.4 Å². The molecule has 2 rings (SSSR count). The average Bonchev–Trinajstić information content (AvgIpc) is 2.65. The van der Waals surface area contributed by atoms with E-state index in [1.807, 2.05) is 6.07 Å². The minimum Gasteiger partial charge on any atom is -0.453 e. The van der Waals surface area contributed by atoms with Gasteiger partial charge in [0.1, 0.15) is 0 Å². The maximum atomic E-state index is 12.2. The second kappa shape index (κ2) is 10.1. The highest BCUT2D eigenvalue weighted by atomic mass is 32.2. The van der Waals surface area contributed by atoms with Crippen molar-refractivity contribution >= 4 is 35.1 Å². The number of hydrogen-bond acceptors (Lipinski definition) is 5. The van der Waals surface area contributed by atoms with E-state index in [9.17, 15) is 14.4 Å². The normalized spacial score (nSPS) is 11.6. The van der Waals surface area contributed by atoms with Gasteiger partial charge in [0.2, 0.25) is 0 Å². The lowest BCUT2D eigenvalue weighted by molar-refractivity contribution is -0.152. The minimum absolute atomic E-state index is 0.0427. The minimum atomic E-state index is -0.897. The number of benzene rings is 2.